The second-order valence-corrected chi connectivity index (χ2v) is 30.7. The molecule has 4 aromatic carbocycles. The minimum atomic E-state index is -0.683. The number of carboxylic acids is 2. The normalized spacial score (nSPS) is 27.9. The molecule has 2 N–H and O–H groups in total. The van der Waals surface area contributed by atoms with Crippen molar-refractivity contribution in [2.24, 2.45) is 34.5 Å². The van der Waals surface area contributed by atoms with Crippen molar-refractivity contribution in [1.82, 2.24) is 19.6 Å². The van der Waals surface area contributed by atoms with Crippen LogP contribution >= 0.6 is 15.9 Å². The van der Waals surface area contributed by atoms with Crippen LogP contribution in [0, 0.1) is 34.5 Å². The van der Waals surface area contributed by atoms with E-state index >= 15 is 0 Å². The molecule has 3 saturated heterocycles. The summed E-state index contributed by atoms with van der Waals surface area (Å²) in [4.78, 5) is 49.0. The monoisotopic (exact) mass is 1260 g/mol. The van der Waals surface area contributed by atoms with Crippen molar-refractivity contribution in [1.29, 1.82) is 0 Å². The van der Waals surface area contributed by atoms with Gasteiger partial charge in [0.25, 0.3) is 0 Å². The molecule has 6 aromatic rings. The van der Waals surface area contributed by atoms with E-state index in [0.29, 0.717) is 30.2 Å². The minimum Gasteiger partial charge on any atom is -0.481 e. The van der Waals surface area contributed by atoms with Crippen molar-refractivity contribution in [3.8, 4) is 0 Å². The van der Waals surface area contributed by atoms with Crippen molar-refractivity contribution >= 4 is 87.8 Å². The number of aliphatic carboxylic acids is 2. The van der Waals surface area contributed by atoms with Gasteiger partial charge in [-0.05, 0) is 212 Å². The smallest absolute Gasteiger partial charge is 0.481 e. The molecule has 16 nitrogen and oxygen atoms in total. The number of carbonyl (C=O) groups excluding carboxylic acids is 2. The van der Waals surface area contributed by atoms with Gasteiger partial charge in [-0.2, -0.15) is 10.2 Å². The summed E-state index contributed by atoms with van der Waals surface area (Å²) in [6, 6.07) is 28.1. The maximum Gasteiger partial charge on any atom is 0.494 e. The molecular weight excluding hydrogens is 1180 g/mol. The Labute approximate surface area is 527 Å². The topological polar surface area (TPSA) is 200 Å². The highest BCUT2D eigenvalue weighted by atomic mass is 79.9. The van der Waals surface area contributed by atoms with Crippen LogP contribution < -0.4 is 5.46 Å². The third-order valence-electron chi connectivity index (χ3n) is 21.9. The number of rotatable bonds is 14. The number of aromatic nitrogens is 4. The molecule has 88 heavy (non-hydrogen) atoms. The molecule has 0 bridgehead atoms. The summed E-state index contributed by atoms with van der Waals surface area (Å²) in [5.41, 5.74) is 4.55. The highest BCUT2D eigenvalue weighted by Crippen LogP contribution is 2.63. The van der Waals surface area contributed by atoms with E-state index in [4.69, 9.17) is 38.1 Å². The Morgan fingerprint density at radius 3 is 1.17 bits per heavy atom. The summed E-state index contributed by atoms with van der Waals surface area (Å²) in [5, 5.41) is 29.6. The van der Waals surface area contributed by atoms with Gasteiger partial charge >= 0.3 is 33.1 Å². The van der Waals surface area contributed by atoms with E-state index in [1.54, 1.807) is 0 Å². The van der Waals surface area contributed by atoms with Crippen molar-refractivity contribution < 1.29 is 57.3 Å². The predicted molar refractivity (Wildman–Crippen MR) is 344 cm³/mol. The fourth-order valence-electron chi connectivity index (χ4n) is 14.5. The number of carboxylic acid groups (broad SMARTS) is 2. The van der Waals surface area contributed by atoms with Gasteiger partial charge in [0.1, 0.15) is 0 Å². The van der Waals surface area contributed by atoms with Gasteiger partial charge in [0.2, 0.25) is 0 Å². The van der Waals surface area contributed by atoms with Crippen LogP contribution in [0.1, 0.15) is 205 Å². The summed E-state index contributed by atoms with van der Waals surface area (Å²) in [5.74, 6) is -0.750. The Bertz CT molecular complexity index is 3540. The van der Waals surface area contributed by atoms with Gasteiger partial charge in [-0.3, -0.25) is 28.5 Å². The molecule has 13 rings (SSSR count). The number of fused-ring (bicyclic) bond motifs is 2. The Morgan fingerprint density at radius 2 is 0.830 bits per heavy atom. The van der Waals surface area contributed by atoms with Crippen LogP contribution in [0.15, 0.2) is 102 Å². The lowest BCUT2D eigenvalue weighted by Gasteiger charge is -2.56. The third-order valence-corrected chi connectivity index (χ3v) is 22.4. The first-order valence-electron chi connectivity index (χ1n) is 31.5. The molecule has 466 valence electrons. The standard InChI is InChI=1S/C31H37BN2O5.C25H25BrN2O3.C12H24B2O4/c1-19(21-9-11-24(12-10-21)32-38-29(2,3)30(4,5)39-32)34-27-22(18-33-34)7-6-8-25(27)26(35)13-20-14-31(15-20)16-23(17-31)28(36)37;1-15(17-5-7-20(26)8-6-17)28-23-18(14-27-28)3-2-4-21(23)22(29)9-16-10-25(11-16)12-19(13-25)24(30)31;1-9(2)10(3,4)16-13(15-9)14-17-11(5,6)12(7,8)18-14/h6-12,18-20,23H,13-17H2,1-5H3,(H,36,37);2-8,14-16,19H,9-13H2,1H3,(H,30,31);1-8H3. The van der Waals surface area contributed by atoms with Crippen LogP contribution in [0.3, 0.4) is 0 Å². The van der Waals surface area contributed by atoms with Gasteiger partial charge in [-0.25, -0.2) is 0 Å². The Kier molecular flexibility index (Phi) is 16.8. The lowest BCUT2D eigenvalue weighted by atomic mass is 9.47. The maximum atomic E-state index is 13.5. The van der Waals surface area contributed by atoms with Gasteiger partial charge in [-0.1, -0.05) is 76.6 Å². The number of para-hydroxylation sites is 2. The Balaban J connectivity index is 0.000000146. The van der Waals surface area contributed by atoms with E-state index < -0.39 is 33.1 Å². The van der Waals surface area contributed by atoms with E-state index in [1.165, 1.54) is 0 Å². The van der Waals surface area contributed by atoms with E-state index in [1.807, 2.05) is 138 Å². The lowest BCUT2D eigenvalue weighted by Crippen LogP contribution is -2.50. The molecule has 7 aliphatic rings. The molecule has 4 saturated carbocycles. The van der Waals surface area contributed by atoms with Crippen molar-refractivity contribution in [2.75, 3.05) is 0 Å². The first kappa shape index (κ1) is 64.1. The SMILES string of the molecule is CC(c1ccc(B2OC(C)(C)C(C)(C)O2)cc1)n1ncc2cccc(C(=O)CC3CC4(C3)CC(C(=O)O)C4)c21.CC(c1ccc(Br)cc1)n1ncc2cccc(C(=O)CC3CC4(C3)CC(C(=O)O)C4)c21.CC1(C)OB(B2OC(C)(C)C(C)(C)O2)OC1(C)C. The zero-order chi connectivity index (χ0) is 63.5. The average Bonchev–Trinajstić information content (AvgIpc) is 1.53. The van der Waals surface area contributed by atoms with Gasteiger partial charge in [-0.15, -0.1) is 0 Å². The molecular formula is C68H86B3BrN4O12. The lowest BCUT2D eigenvalue weighted by molar-refractivity contribution is -0.158. The van der Waals surface area contributed by atoms with E-state index in [9.17, 15) is 24.3 Å². The number of carbonyl (C=O) groups is 4. The van der Waals surface area contributed by atoms with E-state index in [0.717, 1.165) is 99.8 Å². The molecule has 3 aliphatic heterocycles. The first-order chi connectivity index (χ1) is 41.1. The highest BCUT2D eigenvalue weighted by Gasteiger charge is 2.64. The van der Waals surface area contributed by atoms with Crippen molar-refractivity contribution in [2.45, 2.75) is 207 Å². The molecule has 2 unspecified atom stereocenters. The number of benzene rings is 4. The summed E-state index contributed by atoms with van der Waals surface area (Å²) < 4.78 is 41.2. The van der Waals surface area contributed by atoms with Gasteiger partial charge in [0, 0.05) is 39.2 Å². The number of nitrogens with zero attached hydrogens (tertiary/aromatic N) is 4. The summed E-state index contributed by atoms with van der Waals surface area (Å²) in [6.07, 6.45) is 11.7. The molecule has 2 atom stereocenters. The molecule has 2 spiro atoms. The largest absolute Gasteiger partial charge is 0.494 e. The average molecular weight is 1260 g/mol. The predicted octanol–water partition coefficient (Wildman–Crippen LogP) is 13.5. The summed E-state index contributed by atoms with van der Waals surface area (Å²) in [7, 11) is -1.36. The molecule has 0 amide bonds. The Hall–Kier alpha value is -5.47. The summed E-state index contributed by atoms with van der Waals surface area (Å²) in [6.45, 7) is 28.6. The van der Waals surface area contributed by atoms with Crippen LogP contribution in [0.4, 0.5) is 0 Å². The number of ketones is 2. The van der Waals surface area contributed by atoms with E-state index in [2.05, 4.69) is 86.8 Å². The molecule has 7 fully saturated rings. The van der Waals surface area contributed by atoms with Crippen LogP contribution in [0.5, 0.6) is 0 Å². The van der Waals surface area contributed by atoms with Gasteiger partial charge in [0.15, 0.2) is 11.6 Å². The third kappa shape index (κ3) is 12.1. The van der Waals surface area contributed by atoms with Gasteiger partial charge in [0.05, 0.1) is 81.0 Å². The molecule has 4 aliphatic carbocycles. The molecule has 5 heterocycles. The second kappa shape index (κ2) is 23.0. The first-order valence-corrected chi connectivity index (χ1v) is 32.3. The fraction of sp³-hybridized carbons (Fsp3) is 0.559. The van der Waals surface area contributed by atoms with Crippen molar-refractivity contribution in [3.63, 3.8) is 0 Å². The zero-order valence-corrected chi connectivity index (χ0v) is 55.2. The second-order valence-electron chi connectivity index (χ2n) is 29.8. The zero-order valence-electron chi connectivity index (χ0n) is 53.6. The maximum absolute atomic E-state index is 13.5. The molecule has 20 heteroatoms. The van der Waals surface area contributed by atoms with Crippen LogP contribution in [-0.4, -0.2) is 108 Å². The van der Waals surface area contributed by atoms with Gasteiger partial charge < -0.3 is 38.1 Å². The molecule has 2 aromatic heterocycles. The van der Waals surface area contributed by atoms with Crippen LogP contribution in [0.25, 0.3) is 21.8 Å². The highest BCUT2D eigenvalue weighted by molar-refractivity contribution is 9.10. The number of hydrogen-bond acceptors (Lipinski definition) is 12. The molecule has 0 radical (unpaired) electrons. The van der Waals surface area contributed by atoms with Crippen LogP contribution in [-0.2, 0) is 37.5 Å². The quantitative estimate of drug-likeness (QED) is 0.0771. The van der Waals surface area contributed by atoms with Crippen LogP contribution in [0.2, 0.25) is 0 Å². The van der Waals surface area contributed by atoms with Crippen molar-refractivity contribution in [3.05, 3.63) is 124 Å². The fourth-order valence-corrected chi connectivity index (χ4v) is 14.8. The number of Topliss-reactive ketones (excluding diaryl/α,β-unsaturated/α-hetero) is 2. The van der Waals surface area contributed by atoms with E-state index in [-0.39, 0.29) is 79.9 Å². The minimum absolute atomic E-state index is 0.00875. The number of hydrogen-bond donors (Lipinski definition) is 2. The Morgan fingerprint density at radius 1 is 0.500 bits per heavy atom. The summed E-state index contributed by atoms with van der Waals surface area (Å²) >= 11 is 3.48. The number of halogens is 1.